The molecule has 1 atom stereocenters. The van der Waals surface area contributed by atoms with Crippen LogP contribution >= 0.6 is 11.3 Å². The number of ether oxygens (including phenoxy) is 2. The molecule has 7 heteroatoms. The van der Waals surface area contributed by atoms with Gasteiger partial charge in [0, 0.05) is 24.7 Å². The average molecular weight is 345 g/mol. The van der Waals surface area contributed by atoms with Gasteiger partial charge in [-0.1, -0.05) is 0 Å². The van der Waals surface area contributed by atoms with Gasteiger partial charge in [0.1, 0.15) is 9.88 Å². The molecule has 2 aliphatic rings. The van der Waals surface area contributed by atoms with E-state index in [0.29, 0.717) is 10.9 Å². The SMILES string of the molecule is CNC1CCCN(C(=O)c2cnc(-c3ccc4c(c3)OCO4)s2)C1. The maximum Gasteiger partial charge on any atom is 0.265 e. The summed E-state index contributed by atoms with van der Waals surface area (Å²) in [7, 11) is 1.95. The van der Waals surface area contributed by atoms with Crippen molar-refractivity contribution in [2.24, 2.45) is 0 Å². The lowest BCUT2D eigenvalue weighted by molar-refractivity contribution is 0.0703. The Morgan fingerprint density at radius 1 is 1.38 bits per heavy atom. The maximum atomic E-state index is 12.7. The van der Waals surface area contributed by atoms with E-state index in [0.717, 1.165) is 48.0 Å². The van der Waals surface area contributed by atoms with Crippen LogP contribution in [0.15, 0.2) is 24.4 Å². The average Bonchev–Trinajstić information content (AvgIpc) is 3.29. The summed E-state index contributed by atoms with van der Waals surface area (Å²) in [6.45, 7) is 1.82. The maximum absolute atomic E-state index is 12.7. The molecule has 1 amide bonds. The first-order valence-electron chi connectivity index (χ1n) is 8.07. The van der Waals surface area contributed by atoms with E-state index in [2.05, 4.69) is 10.3 Å². The van der Waals surface area contributed by atoms with Crippen LogP contribution in [0.5, 0.6) is 11.5 Å². The summed E-state index contributed by atoms with van der Waals surface area (Å²) < 4.78 is 10.7. The molecule has 0 radical (unpaired) electrons. The second-order valence-electron chi connectivity index (χ2n) is 5.98. The smallest absolute Gasteiger partial charge is 0.265 e. The zero-order valence-corrected chi connectivity index (χ0v) is 14.3. The molecule has 6 nitrogen and oxygen atoms in total. The Kier molecular flexibility index (Phi) is 4.12. The molecule has 1 fully saturated rings. The third-order valence-electron chi connectivity index (χ3n) is 4.45. The van der Waals surface area contributed by atoms with Crippen molar-refractivity contribution in [3.8, 4) is 22.1 Å². The topological polar surface area (TPSA) is 63.7 Å². The highest BCUT2D eigenvalue weighted by Crippen LogP contribution is 2.37. The molecular weight excluding hydrogens is 326 g/mol. The highest BCUT2D eigenvalue weighted by Gasteiger charge is 2.25. The van der Waals surface area contributed by atoms with Crippen LogP contribution < -0.4 is 14.8 Å². The lowest BCUT2D eigenvalue weighted by Crippen LogP contribution is -2.46. The first-order chi connectivity index (χ1) is 11.7. The number of likely N-dealkylation sites (N-methyl/N-ethyl adjacent to an activating group) is 1. The molecule has 1 unspecified atom stereocenters. The number of rotatable bonds is 3. The van der Waals surface area contributed by atoms with Gasteiger partial charge in [0.05, 0.1) is 6.20 Å². The van der Waals surface area contributed by atoms with Crippen molar-refractivity contribution in [2.45, 2.75) is 18.9 Å². The van der Waals surface area contributed by atoms with Crippen molar-refractivity contribution in [1.29, 1.82) is 0 Å². The fraction of sp³-hybridized carbons (Fsp3) is 0.412. The minimum Gasteiger partial charge on any atom is -0.454 e. The predicted molar refractivity (Wildman–Crippen MR) is 91.7 cm³/mol. The second-order valence-corrected chi connectivity index (χ2v) is 7.01. The Balaban J connectivity index is 1.53. The van der Waals surface area contributed by atoms with Crippen LogP contribution in [0.1, 0.15) is 22.5 Å². The summed E-state index contributed by atoms with van der Waals surface area (Å²) >= 11 is 1.42. The van der Waals surface area contributed by atoms with Gasteiger partial charge in [0.15, 0.2) is 11.5 Å². The Labute approximate surface area is 144 Å². The van der Waals surface area contributed by atoms with Gasteiger partial charge in [0.2, 0.25) is 6.79 Å². The van der Waals surface area contributed by atoms with E-state index in [-0.39, 0.29) is 12.7 Å². The molecule has 3 heterocycles. The fourth-order valence-corrected chi connectivity index (χ4v) is 3.97. The minimum absolute atomic E-state index is 0.0689. The van der Waals surface area contributed by atoms with Crippen molar-refractivity contribution in [3.05, 3.63) is 29.3 Å². The number of likely N-dealkylation sites (tertiary alicyclic amines) is 1. The van der Waals surface area contributed by atoms with E-state index in [1.165, 1.54) is 11.3 Å². The molecular formula is C17H19N3O3S. The fourth-order valence-electron chi connectivity index (χ4n) is 3.09. The van der Waals surface area contributed by atoms with Gasteiger partial charge in [0.25, 0.3) is 5.91 Å². The van der Waals surface area contributed by atoms with Crippen molar-refractivity contribution in [1.82, 2.24) is 15.2 Å². The van der Waals surface area contributed by atoms with Crippen LogP contribution in [-0.4, -0.2) is 48.8 Å². The van der Waals surface area contributed by atoms with Crippen LogP contribution in [0.4, 0.5) is 0 Å². The molecule has 1 N–H and O–H groups in total. The van der Waals surface area contributed by atoms with Crippen LogP contribution in [0.25, 0.3) is 10.6 Å². The lowest BCUT2D eigenvalue weighted by atomic mass is 10.1. The van der Waals surface area contributed by atoms with E-state index in [4.69, 9.17) is 9.47 Å². The van der Waals surface area contributed by atoms with E-state index in [1.54, 1.807) is 6.20 Å². The summed E-state index contributed by atoms with van der Waals surface area (Å²) in [5, 5.41) is 4.08. The highest BCUT2D eigenvalue weighted by molar-refractivity contribution is 7.16. The summed E-state index contributed by atoms with van der Waals surface area (Å²) in [5.74, 6) is 1.54. The van der Waals surface area contributed by atoms with Gasteiger partial charge < -0.3 is 19.7 Å². The number of thiazole rings is 1. The Hall–Kier alpha value is -2.12. The minimum atomic E-state index is 0.0689. The molecule has 1 aromatic carbocycles. The summed E-state index contributed by atoms with van der Waals surface area (Å²) in [6, 6.07) is 6.11. The molecule has 0 saturated carbocycles. The van der Waals surface area contributed by atoms with Crippen LogP contribution in [0, 0.1) is 0 Å². The predicted octanol–water partition coefficient (Wildman–Crippen LogP) is 2.36. The number of aromatic nitrogens is 1. The molecule has 24 heavy (non-hydrogen) atoms. The normalized spacial score (nSPS) is 19.5. The second kappa shape index (κ2) is 6.41. The Bertz CT molecular complexity index is 761. The third kappa shape index (κ3) is 2.85. The van der Waals surface area contributed by atoms with E-state index in [1.807, 2.05) is 30.1 Å². The Morgan fingerprint density at radius 2 is 2.25 bits per heavy atom. The molecule has 1 aromatic heterocycles. The summed E-state index contributed by atoms with van der Waals surface area (Å²) in [4.78, 5) is 19.7. The number of hydrogen-bond acceptors (Lipinski definition) is 6. The number of amides is 1. The van der Waals surface area contributed by atoms with E-state index in [9.17, 15) is 4.79 Å². The molecule has 126 valence electrons. The number of fused-ring (bicyclic) bond motifs is 1. The van der Waals surface area contributed by atoms with Gasteiger partial charge >= 0.3 is 0 Å². The van der Waals surface area contributed by atoms with Gasteiger partial charge in [-0.05, 0) is 38.1 Å². The molecule has 1 saturated heterocycles. The Morgan fingerprint density at radius 3 is 3.12 bits per heavy atom. The molecule has 0 bridgehead atoms. The van der Waals surface area contributed by atoms with E-state index < -0.39 is 0 Å². The van der Waals surface area contributed by atoms with Gasteiger partial charge in [-0.2, -0.15) is 0 Å². The number of hydrogen-bond donors (Lipinski definition) is 1. The largest absolute Gasteiger partial charge is 0.454 e. The van der Waals surface area contributed by atoms with Crippen molar-refractivity contribution >= 4 is 17.2 Å². The first-order valence-corrected chi connectivity index (χ1v) is 8.88. The number of carbonyl (C=O) groups is 1. The zero-order valence-electron chi connectivity index (χ0n) is 13.4. The molecule has 2 aromatic rings. The van der Waals surface area contributed by atoms with Crippen molar-refractivity contribution < 1.29 is 14.3 Å². The van der Waals surface area contributed by atoms with Crippen molar-refractivity contribution in [2.75, 3.05) is 26.9 Å². The number of piperidine rings is 1. The molecule has 2 aliphatic heterocycles. The van der Waals surface area contributed by atoms with Crippen LogP contribution in [-0.2, 0) is 0 Å². The standard InChI is InChI=1S/C17H19N3O3S/c1-18-12-3-2-6-20(9-12)17(21)15-8-19-16(24-15)11-4-5-13-14(7-11)23-10-22-13/h4-5,7-8,12,18H,2-3,6,9-10H2,1H3. The summed E-state index contributed by atoms with van der Waals surface area (Å²) in [6.07, 6.45) is 3.83. The first kappa shape index (κ1) is 15.4. The number of carbonyl (C=O) groups excluding carboxylic acids is 1. The van der Waals surface area contributed by atoms with Gasteiger partial charge in [-0.15, -0.1) is 11.3 Å². The monoisotopic (exact) mass is 345 g/mol. The third-order valence-corrected chi connectivity index (χ3v) is 5.49. The van der Waals surface area contributed by atoms with Crippen LogP contribution in [0.3, 0.4) is 0 Å². The quantitative estimate of drug-likeness (QED) is 0.925. The molecule has 4 rings (SSSR count). The highest BCUT2D eigenvalue weighted by atomic mass is 32.1. The number of nitrogens with zero attached hydrogens (tertiary/aromatic N) is 2. The zero-order chi connectivity index (χ0) is 16.5. The number of benzene rings is 1. The van der Waals surface area contributed by atoms with Gasteiger partial charge in [-0.25, -0.2) is 4.98 Å². The lowest BCUT2D eigenvalue weighted by Gasteiger charge is -2.32. The van der Waals surface area contributed by atoms with Gasteiger partial charge in [-0.3, -0.25) is 4.79 Å². The van der Waals surface area contributed by atoms with Crippen molar-refractivity contribution in [3.63, 3.8) is 0 Å². The molecule has 0 aliphatic carbocycles. The summed E-state index contributed by atoms with van der Waals surface area (Å²) in [5.41, 5.74) is 0.940. The van der Waals surface area contributed by atoms with E-state index >= 15 is 0 Å². The molecule has 0 spiro atoms. The number of nitrogens with one attached hydrogen (secondary N) is 1. The van der Waals surface area contributed by atoms with Crippen LogP contribution in [0.2, 0.25) is 0 Å².